The van der Waals surface area contributed by atoms with Crippen molar-refractivity contribution >= 4 is 51.5 Å². The first kappa shape index (κ1) is 26.1. The molecule has 2 aliphatic rings. The number of fused-ring (bicyclic) bond motifs is 1. The van der Waals surface area contributed by atoms with Crippen molar-refractivity contribution in [2.45, 2.75) is 63.6 Å². The van der Waals surface area contributed by atoms with Crippen LogP contribution in [0.2, 0.25) is 0 Å². The van der Waals surface area contributed by atoms with Crippen LogP contribution in [-0.2, 0) is 9.53 Å². The van der Waals surface area contributed by atoms with Gasteiger partial charge in [0.15, 0.2) is 5.69 Å². The van der Waals surface area contributed by atoms with Crippen LogP contribution < -0.4 is 21.3 Å². The highest BCUT2D eigenvalue weighted by atomic mass is 32.1. The molecule has 3 heterocycles. The third-order valence-corrected chi connectivity index (χ3v) is 8.05. The Kier molecular flexibility index (Phi) is 7.85. The summed E-state index contributed by atoms with van der Waals surface area (Å²) in [6, 6.07) is 8.56. The van der Waals surface area contributed by atoms with Gasteiger partial charge < -0.3 is 21.1 Å². The summed E-state index contributed by atoms with van der Waals surface area (Å²) in [5.41, 5.74) is 7.57. The van der Waals surface area contributed by atoms with Crippen LogP contribution in [0.1, 0.15) is 65.6 Å². The molecule has 3 amide bonds. The summed E-state index contributed by atoms with van der Waals surface area (Å²) >= 11 is 0.861. The highest BCUT2D eigenvalue weighted by Crippen LogP contribution is 2.29. The molecule has 11 heteroatoms. The molecule has 1 saturated heterocycles. The van der Waals surface area contributed by atoms with Crippen molar-refractivity contribution in [1.82, 2.24) is 20.0 Å². The molecule has 2 aromatic heterocycles. The number of anilines is 2. The molecule has 38 heavy (non-hydrogen) atoms. The fourth-order valence-electron chi connectivity index (χ4n) is 5.04. The second-order valence-corrected chi connectivity index (χ2v) is 10.6. The Labute approximate surface area is 225 Å². The molecule has 1 aliphatic heterocycles. The first-order valence-electron chi connectivity index (χ1n) is 13.1. The number of carbonyl (C=O) groups excluding carboxylic acids is 3. The van der Waals surface area contributed by atoms with E-state index in [1.807, 2.05) is 30.3 Å². The standard InChI is InChI=1S/C27H32N6O4S/c1-16(25(34)30-15-20-10-6-12-37-20)33(19-13-17-7-2-5-11-21(17)29-14-19)27(36)24-22(28)23(32-38-24)26(35)31-18-8-3-4-9-18/h2,5,7,11,13-14,16,18,20H,3-4,6,8-10,12,15,28H2,1H3,(H,30,34)(H,31,35)/t16-,20+/m0/s1. The minimum Gasteiger partial charge on any atom is -0.395 e. The summed E-state index contributed by atoms with van der Waals surface area (Å²) in [6.45, 7) is 2.71. The zero-order valence-corrected chi connectivity index (χ0v) is 22.1. The summed E-state index contributed by atoms with van der Waals surface area (Å²) in [7, 11) is 0. The first-order valence-corrected chi connectivity index (χ1v) is 13.8. The zero-order chi connectivity index (χ0) is 26.6. The molecule has 2 fully saturated rings. The molecular formula is C27H32N6O4S. The van der Waals surface area contributed by atoms with Crippen LogP contribution in [0.3, 0.4) is 0 Å². The quantitative estimate of drug-likeness (QED) is 0.401. The van der Waals surface area contributed by atoms with Gasteiger partial charge in [-0.2, -0.15) is 4.37 Å². The molecule has 0 spiro atoms. The second-order valence-electron chi connectivity index (χ2n) is 9.85. The molecule has 1 aliphatic carbocycles. The van der Waals surface area contributed by atoms with Gasteiger partial charge in [0, 0.05) is 24.6 Å². The van der Waals surface area contributed by atoms with Crippen molar-refractivity contribution in [3.05, 3.63) is 47.1 Å². The number of ether oxygens (including phenoxy) is 1. The van der Waals surface area contributed by atoms with E-state index in [4.69, 9.17) is 10.5 Å². The van der Waals surface area contributed by atoms with Gasteiger partial charge in [-0.15, -0.1) is 0 Å². The van der Waals surface area contributed by atoms with E-state index in [0.29, 0.717) is 18.8 Å². The lowest BCUT2D eigenvalue weighted by Gasteiger charge is -2.28. The number of nitrogens with zero attached hydrogens (tertiary/aromatic N) is 3. The third-order valence-electron chi connectivity index (χ3n) is 7.20. The maximum Gasteiger partial charge on any atom is 0.273 e. The normalized spacial score (nSPS) is 18.4. The number of pyridine rings is 1. The van der Waals surface area contributed by atoms with Crippen molar-refractivity contribution in [2.75, 3.05) is 23.8 Å². The maximum atomic E-state index is 13.9. The highest BCUT2D eigenvalue weighted by molar-refractivity contribution is 7.09. The molecule has 0 radical (unpaired) electrons. The highest BCUT2D eigenvalue weighted by Gasteiger charge is 2.33. The summed E-state index contributed by atoms with van der Waals surface area (Å²) < 4.78 is 9.84. The van der Waals surface area contributed by atoms with E-state index in [-0.39, 0.29) is 40.2 Å². The van der Waals surface area contributed by atoms with Gasteiger partial charge in [0.05, 0.1) is 29.2 Å². The van der Waals surface area contributed by atoms with Crippen LogP contribution in [0.4, 0.5) is 11.4 Å². The number of hydrogen-bond donors (Lipinski definition) is 3. The van der Waals surface area contributed by atoms with Gasteiger partial charge >= 0.3 is 0 Å². The van der Waals surface area contributed by atoms with Crippen molar-refractivity contribution < 1.29 is 19.1 Å². The number of rotatable bonds is 8. The largest absolute Gasteiger partial charge is 0.395 e. The summed E-state index contributed by atoms with van der Waals surface area (Å²) in [4.78, 5) is 46.0. The molecular weight excluding hydrogens is 504 g/mol. The van der Waals surface area contributed by atoms with Gasteiger partial charge in [-0.25, -0.2) is 0 Å². The molecule has 1 saturated carbocycles. The van der Waals surface area contributed by atoms with Crippen LogP contribution in [0.5, 0.6) is 0 Å². The lowest BCUT2D eigenvalue weighted by molar-refractivity contribution is -0.122. The summed E-state index contributed by atoms with van der Waals surface area (Å²) in [5, 5.41) is 6.70. The van der Waals surface area contributed by atoms with Crippen molar-refractivity contribution in [2.24, 2.45) is 0 Å². The Bertz CT molecular complexity index is 1330. The number of carbonyl (C=O) groups is 3. The summed E-state index contributed by atoms with van der Waals surface area (Å²) in [5.74, 6) is -1.23. The molecule has 0 unspecified atom stereocenters. The topological polar surface area (TPSA) is 140 Å². The fraction of sp³-hybridized carbons (Fsp3) is 0.444. The van der Waals surface area contributed by atoms with E-state index in [0.717, 1.165) is 61.0 Å². The van der Waals surface area contributed by atoms with Crippen molar-refractivity contribution in [3.8, 4) is 0 Å². The number of hydrogen-bond acceptors (Lipinski definition) is 8. The van der Waals surface area contributed by atoms with E-state index in [1.54, 1.807) is 13.1 Å². The lowest BCUT2D eigenvalue weighted by Crippen LogP contribution is -2.49. The van der Waals surface area contributed by atoms with Crippen LogP contribution in [0.25, 0.3) is 10.9 Å². The van der Waals surface area contributed by atoms with Gasteiger partial charge in [0.1, 0.15) is 10.9 Å². The summed E-state index contributed by atoms with van der Waals surface area (Å²) in [6.07, 6.45) is 7.36. The zero-order valence-electron chi connectivity index (χ0n) is 21.3. The van der Waals surface area contributed by atoms with E-state index in [9.17, 15) is 14.4 Å². The third kappa shape index (κ3) is 5.48. The number of nitrogens with two attached hydrogens (primary N) is 1. The van der Waals surface area contributed by atoms with E-state index >= 15 is 0 Å². The van der Waals surface area contributed by atoms with Crippen molar-refractivity contribution in [1.29, 1.82) is 0 Å². The Morgan fingerprint density at radius 2 is 1.97 bits per heavy atom. The number of para-hydroxylation sites is 1. The lowest BCUT2D eigenvalue weighted by atomic mass is 10.1. The fourth-order valence-corrected chi connectivity index (χ4v) is 5.78. The molecule has 1 aromatic carbocycles. The van der Waals surface area contributed by atoms with E-state index in [1.165, 1.54) is 4.90 Å². The first-order chi connectivity index (χ1) is 18.4. The number of benzene rings is 1. The minimum atomic E-state index is -0.885. The number of nitrogen functional groups attached to an aromatic ring is 1. The van der Waals surface area contributed by atoms with Crippen molar-refractivity contribution in [3.63, 3.8) is 0 Å². The molecule has 10 nitrogen and oxygen atoms in total. The minimum absolute atomic E-state index is 0.0150. The van der Waals surface area contributed by atoms with Crippen LogP contribution >= 0.6 is 11.5 Å². The number of nitrogens with one attached hydrogen (secondary N) is 2. The smallest absolute Gasteiger partial charge is 0.273 e. The van der Waals surface area contributed by atoms with Crippen LogP contribution in [0.15, 0.2) is 36.5 Å². The SMILES string of the molecule is C[C@@H](C(=O)NC[C@H]1CCCO1)N(C(=O)c1snc(C(=O)NC2CCCC2)c1N)c1cnc2ccccc2c1. The van der Waals surface area contributed by atoms with Gasteiger partial charge in [0.25, 0.3) is 11.8 Å². The Balaban J connectivity index is 1.43. The van der Waals surface area contributed by atoms with Crippen LogP contribution in [-0.4, -0.2) is 58.4 Å². The molecule has 2 atom stereocenters. The molecule has 0 bridgehead atoms. The van der Waals surface area contributed by atoms with Gasteiger partial charge in [-0.3, -0.25) is 24.3 Å². The van der Waals surface area contributed by atoms with E-state index in [2.05, 4.69) is 20.0 Å². The number of aromatic nitrogens is 2. The predicted octanol–water partition coefficient (Wildman–Crippen LogP) is 3.28. The Morgan fingerprint density at radius 1 is 1.18 bits per heavy atom. The Morgan fingerprint density at radius 3 is 2.74 bits per heavy atom. The van der Waals surface area contributed by atoms with E-state index < -0.39 is 11.9 Å². The van der Waals surface area contributed by atoms with Gasteiger partial charge in [-0.05, 0) is 56.3 Å². The van der Waals surface area contributed by atoms with Crippen LogP contribution in [0, 0.1) is 0 Å². The maximum absolute atomic E-state index is 13.9. The Hall–Kier alpha value is -3.57. The van der Waals surface area contributed by atoms with Gasteiger partial charge in [0.2, 0.25) is 5.91 Å². The van der Waals surface area contributed by atoms with Gasteiger partial charge in [-0.1, -0.05) is 31.0 Å². The predicted molar refractivity (Wildman–Crippen MR) is 146 cm³/mol. The average Bonchev–Trinajstić information content (AvgIpc) is 3.70. The molecule has 4 N–H and O–H groups in total. The molecule has 200 valence electrons. The average molecular weight is 537 g/mol. The number of amides is 3. The monoisotopic (exact) mass is 536 g/mol. The molecule has 3 aromatic rings. The second kappa shape index (κ2) is 11.4. The molecule has 5 rings (SSSR count).